The Morgan fingerprint density at radius 3 is 2.53 bits per heavy atom. The molecule has 0 spiro atoms. The van der Waals surface area contributed by atoms with Gasteiger partial charge in [0.2, 0.25) is 21.8 Å². The first-order chi connectivity index (χ1) is 14.4. The van der Waals surface area contributed by atoms with E-state index in [-0.39, 0.29) is 29.2 Å². The van der Waals surface area contributed by atoms with E-state index in [4.69, 9.17) is 0 Å². The smallest absolute Gasteiger partial charge is 0.240 e. The molecule has 1 aliphatic heterocycles. The molecule has 2 N–H and O–H groups in total. The van der Waals surface area contributed by atoms with Crippen LogP contribution < -0.4 is 14.9 Å². The fraction of sp³-hybridized carbons (Fsp3) is 0.364. The molecular formula is C22H25N3O4S. The topological polar surface area (TPSA) is 95.6 Å². The van der Waals surface area contributed by atoms with Crippen LogP contribution in [0.15, 0.2) is 53.4 Å². The summed E-state index contributed by atoms with van der Waals surface area (Å²) >= 11 is 0. The van der Waals surface area contributed by atoms with Gasteiger partial charge in [-0.05, 0) is 55.2 Å². The third kappa shape index (κ3) is 4.55. The summed E-state index contributed by atoms with van der Waals surface area (Å²) in [7, 11) is -3.60. The van der Waals surface area contributed by atoms with Crippen molar-refractivity contribution in [1.29, 1.82) is 0 Å². The molecule has 1 saturated heterocycles. The zero-order valence-electron chi connectivity index (χ0n) is 16.8. The maximum Gasteiger partial charge on any atom is 0.240 e. The van der Waals surface area contributed by atoms with Gasteiger partial charge in [0, 0.05) is 30.4 Å². The van der Waals surface area contributed by atoms with Crippen LogP contribution >= 0.6 is 0 Å². The van der Waals surface area contributed by atoms with Crippen molar-refractivity contribution < 1.29 is 18.0 Å². The minimum Gasteiger partial charge on any atom is -0.326 e. The van der Waals surface area contributed by atoms with Gasteiger partial charge in [0.15, 0.2) is 0 Å². The van der Waals surface area contributed by atoms with Gasteiger partial charge in [0.05, 0.1) is 10.8 Å². The van der Waals surface area contributed by atoms with Gasteiger partial charge in [-0.1, -0.05) is 25.1 Å². The standard InChI is InChI=1S/C22H25N3O4S/c1-2-15-6-10-19(11-7-15)25-14-16(12-21(25)26)22(27)23-18-4-3-5-20(13-18)30(28,29)24-17-8-9-17/h3-7,10-11,13,16-17,24H,2,8-9,12,14H2,1H3,(H,23,27). The van der Waals surface area contributed by atoms with Crippen LogP contribution in [0.4, 0.5) is 11.4 Å². The average Bonchev–Trinajstić information content (AvgIpc) is 3.45. The van der Waals surface area contributed by atoms with Crippen LogP contribution in [0.3, 0.4) is 0 Å². The number of hydrogen-bond acceptors (Lipinski definition) is 4. The van der Waals surface area contributed by atoms with Crippen LogP contribution in [0.25, 0.3) is 0 Å². The number of benzene rings is 2. The fourth-order valence-electron chi connectivity index (χ4n) is 3.52. The molecule has 2 aromatic carbocycles. The molecule has 2 aliphatic rings. The lowest BCUT2D eigenvalue weighted by atomic mass is 10.1. The lowest BCUT2D eigenvalue weighted by molar-refractivity contribution is -0.122. The number of nitrogens with zero attached hydrogens (tertiary/aromatic N) is 1. The Labute approximate surface area is 176 Å². The molecule has 0 bridgehead atoms. The third-order valence-electron chi connectivity index (χ3n) is 5.46. The van der Waals surface area contributed by atoms with Gasteiger partial charge in [-0.25, -0.2) is 13.1 Å². The zero-order valence-corrected chi connectivity index (χ0v) is 17.6. The highest BCUT2D eigenvalue weighted by atomic mass is 32.2. The normalized spacial score (nSPS) is 19.2. The molecule has 7 nitrogen and oxygen atoms in total. The first kappa shape index (κ1) is 20.6. The molecule has 2 amide bonds. The van der Waals surface area contributed by atoms with Gasteiger partial charge in [-0.3, -0.25) is 9.59 Å². The average molecular weight is 428 g/mol. The molecule has 1 unspecified atom stereocenters. The van der Waals surface area contributed by atoms with Crippen LogP contribution in [-0.2, 0) is 26.0 Å². The highest BCUT2D eigenvalue weighted by molar-refractivity contribution is 7.89. The van der Waals surface area contributed by atoms with Crippen LogP contribution in [0.5, 0.6) is 0 Å². The van der Waals surface area contributed by atoms with Gasteiger partial charge < -0.3 is 10.2 Å². The van der Waals surface area contributed by atoms with Crippen molar-refractivity contribution in [2.45, 2.75) is 43.5 Å². The van der Waals surface area contributed by atoms with E-state index in [1.165, 1.54) is 17.7 Å². The van der Waals surface area contributed by atoms with E-state index in [2.05, 4.69) is 17.0 Å². The summed E-state index contributed by atoms with van der Waals surface area (Å²) in [6.45, 7) is 2.37. The fourth-order valence-corrected chi connectivity index (χ4v) is 4.87. The number of aryl methyl sites for hydroxylation is 1. The molecule has 1 atom stereocenters. The second-order valence-electron chi connectivity index (χ2n) is 7.84. The summed E-state index contributed by atoms with van der Waals surface area (Å²) in [5, 5.41) is 2.77. The molecule has 2 aromatic rings. The predicted molar refractivity (Wildman–Crippen MR) is 115 cm³/mol. The number of nitrogens with one attached hydrogen (secondary N) is 2. The van der Waals surface area contributed by atoms with E-state index in [0.29, 0.717) is 12.2 Å². The molecule has 158 valence electrons. The Hall–Kier alpha value is -2.71. The van der Waals surface area contributed by atoms with Gasteiger partial charge >= 0.3 is 0 Å². The van der Waals surface area contributed by atoms with E-state index in [1.54, 1.807) is 17.0 Å². The maximum atomic E-state index is 12.7. The molecule has 1 heterocycles. The van der Waals surface area contributed by atoms with Gasteiger partial charge in [0.25, 0.3) is 0 Å². The van der Waals surface area contributed by atoms with Crippen molar-refractivity contribution in [3.63, 3.8) is 0 Å². The van der Waals surface area contributed by atoms with E-state index < -0.39 is 15.9 Å². The number of hydrogen-bond donors (Lipinski definition) is 2. The van der Waals surface area contributed by atoms with E-state index >= 15 is 0 Å². The summed E-state index contributed by atoms with van der Waals surface area (Å²) in [6, 6.07) is 14.0. The van der Waals surface area contributed by atoms with Crippen LogP contribution in [-0.4, -0.2) is 32.8 Å². The number of anilines is 2. The van der Waals surface area contributed by atoms with Crippen LogP contribution in [0, 0.1) is 5.92 Å². The number of carbonyl (C=O) groups is 2. The number of amides is 2. The maximum absolute atomic E-state index is 12.7. The van der Waals surface area contributed by atoms with E-state index in [9.17, 15) is 18.0 Å². The lowest BCUT2D eigenvalue weighted by Crippen LogP contribution is -2.28. The second-order valence-corrected chi connectivity index (χ2v) is 9.55. The van der Waals surface area contributed by atoms with E-state index in [1.807, 2.05) is 24.3 Å². The van der Waals surface area contributed by atoms with E-state index in [0.717, 1.165) is 24.9 Å². The number of carbonyl (C=O) groups excluding carboxylic acids is 2. The Balaban J connectivity index is 1.43. The second kappa shape index (κ2) is 8.20. The molecule has 30 heavy (non-hydrogen) atoms. The molecular weight excluding hydrogens is 402 g/mol. The largest absolute Gasteiger partial charge is 0.326 e. The van der Waals surface area contributed by atoms with Gasteiger partial charge in [-0.2, -0.15) is 0 Å². The quantitative estimate of drug-likeness (QED) is 0.710. The van der Waals surface area contributed by atoms with Crippen molar-refractivity contribution in [3.8, 4) is 0 Å². The Morgan fingerprint density at radius 1 is 1.13 bits per heavy atom. The molecule has 0 radical (unpaired) electrons. The van der Waals surface area contributed by atoms with Crippen LogP contribution in [0.1, 0.15) is 31.7 Å². The highest BCUT2D eigenvalue weighted by Crippen LogP contribution is 2.27. The first-order valence-corrected chi connectivity index (χ1v) is 11.7. The SMILES string of the molecule is CCc1ccc(N2CC(C(=O)Nc3cccc(S(=O)(=O)NC4CC4)c3)CC2=O)cc1. The molecule has 1 aliphatic carbocycles. The monoisotopic (exact) mass is 427 g/mol. The Morgan fingerprint density at radius 2 is 1.87 bits per heavy atom. The summed E-state index contributed by atoms with van der Waals surface area (Å²) < 4.78 is 27.4. The summed E-state index contributed by atoms with van der Waals surface area (Å²) in [5.41, 5.74) is 2.37. The first-order valence-electron chi connectivity index (χ1n) is 10.2. The molecule has 8 heteroatoms. The molecule has 1 saturated carbocycles. The number of rotatable bonds is 7. The predicted octanol–water partition coefficient (Wildman–Crippen LogP) is 2.68. The van der Waals surface area contributed by atoms with Crippen molar-refractivity contribution >= 4 is 33.2 Å². The van der Waals surface area contributed by atoms with Crippen molar-refractivity contribution in [1.82, 2.24) is 4.72 Å². The summed E-state index contributed by atoms with van der Waals surface area (Å²) in [4.78, 5) is 26.9. The minimum absolute atomic E-state index is 0.00937. The molecule has 4 rings (SSSR count). The van der Waals surface area contributed by atoms with Crippen molar-refractivity contribution in [3.05, 3.63) is 54.1 Å². The lowest BCUT2D eigenvalue weighted by Gasteiger charge is -2.17. The van der Waals surface area contributed by atoms with Gasteiger partial charge in [-0.15, -0.1) is 0 Å². The zero-order chi connectivity index (χ0) is 21.3. The Kier molecular flexibility index (Phi) is 5.62. The molecule has 0 aromatic heterocycles. The highest BCUT2D eigenvalue weighted by Gasteiger charge is 2.35. The van der Waals surface area contributed by atoms with Gasteiger partial charge in [0.1, 0.15) is 0 Å². The van der Waals surface area contributed by atoms with Crippen molar-refractivity contribution in [2.24, 2.45) is 5.92 Å². The third-order valence-corrected chi connectivity index (χ3v) is 6.98. The minimum atomic E-state index is -3.60. The Bertz CT molecular complexity index is 1060. The summed E-state index contributed by atoms with van der Waals surface area (Å²) in [5.74, 6) is -0.877. The van der Waals surface area contributed by atoms with Crippen LogP contribution in [0.2, 0.25) is 0 Å². The molecule has 2 fully saturated rings. The van der Waals surface area contributed by atoms with Crippen molar-refractivity contribution in [2.75, 3.05) is 16.8 Å². The summed E-state index contributed by atoms with van der Waals surface area (Å²) in [6.07, 6.45) is 2.75. The number of sulfonamides is 1.